The van der Waals surface area contributed by atoms with E-state index in [0.29, 0.717) is 35.8 Å². The number of hydrogen-bond donors (Lipinski definition) is 2. The Kier molecular flexibility index (Phi) is 5.40. The van der Waals surface area contributed by atoms with Crippen molar-refractivity contribution in [1.29, 1.82) is 0 Å². The fourth-order valence-corrected chi connectivity index (χ4v) is 3.01. The third-order valence-corrected chi connectivity index (χ3v) is 4.41. The molecule has 1 atom stereocenters. The van der Waals surface area contributed by atoms with Crippen molar-refractivity contribution in [3.63, 3.8) is 0 Å². The third kappa shape index (κ3) is 3.92. The van der Waals surface area contributed by atoms with E-state index in [1.54, 1.807) is 13.0 Å². The van der Waals surface area contributed by atoms with Gasteiger partial charge in [-0.25, -0.2) is 9.78 Å². The molecule has 2 heterocycles. The second-order valence-corrected chi connectivity index (χ2v) is 6.20. The molecule has 0 saturated carbocycles. The van der Waals surface area contributed by atoms with Gasteiger partial charge in [0.15, 0.2) is 0 Å². The highest BCUT2D eigenvalue weighted by atomic mass is 16.4. The fourth-order valence-electron chi connectivity index (χ4n) is 3.01. The predicted octanol–water partition coefficient (Wildman–Crippen LogP) is 2.92. The van der Waals surface area contributed by atoms with Crippen LogP contribution in [0.3, 0.4) is 0 Å². The zero-order valence-corrected chi connectivity index (χ0v) is 15.0. The van der Waals surface area contributed by atoms with Crippen LogP contribution >= 0.6 is 0 Å². The first-order chi connectivity index (χ1) is 13.0. The normalized spacial score (nSPS) is 17.2. The zero-order valence-electron chi connectivity index (χ0n) is 15.0. The molecule has 1 unspecified atom stereocenters. The number of nitrogens with one attached hydrogen (secondary N) is 1. The molecule has 1 amide bonds. The second-order valence-electron chi connectivity index (χ2n) is 6.20. The molecule has 140 valence electrons. The molecule has 1 aromatic carbocycles. The van der Waals surface area contributed by atoms with E-state index < -0.39 is 17.9 Å². The van der Waals surface area contributed by atoms with Crippen LogP contribution in [0.15, 0.2) is 65.1 Å². The van der Waals surface area contributed by atoms with Crippen molar-refractivity contribution in [2.24, 2.45) is 0 Å². The molecule has 1 aromatic heterocycles. The van der Waals surface area contributed by atoms with Crippen LogP contribution in [-0.2, 0) is 16.1 Å². The van der Waals surface area contributed by atoms with E-state index in [4.69, 9.17) is 4.42 Å². The van der Waals surface area contributed by atoms with Crippen LogP contribution in [0.5, 0.6) is 0 Å². The maximum Gasteiger partial charge on any atom is 0.326 e. The third-order valence-electron chi connectivity index (χ3n) is 4.41. The molecule has 7 nitrogen and oxygen atoms in total. The number of aliphatic carboxylic acids is 1. The lowest BCUT2D eigenvalue weighted by Gasteiger charge is -2.24. The number of carboxylic acid groups (broad SMARTS) is 1. The quantitative estimate of drug-likeness (QED) is 0.762. The Morgan fingerprint density at radius 1 is 1.41 bits per heavy atom. The molecule has 2 aromatic rings. The van der Waals surface area contributed by atoms with Gasteiger partial charge in [0.25, 0.3) is 5.91 Å². The van der Waals surface area contributed by atoms with Crippen molar-refractivity contribution in [2.45, 2.75) is 32.4 Å². The van der Waals surface area contributed by atoms with Crippen LogP contribution in [0.2, 0.25) is 0 Å². The molecule has 1 saturated heterocycles. The standard InChI is InChI=1S/C20H21N3O4/c1-3-16(19(24)23-13(2)9-10-17(23)20(25)26)21-11-15-12-27-18(22-15)14-7-5-4-6-8-14/h3-8,12,17,21H,2,9-11H2,1H3,(H,25,26)/b16-3+. The van der Waals surface area contributed by atoms with Crippen LogP contribution in [0, 0.1) is 0 Å². The van der Waals surface area contributed by atoms with Gasteiger partial charge < -0.3 is 14.8 Å². The van der Waals surface area contributed by atoms with Gasteiger partial charge in [0, 0.05) is 11.3 Å². The van der Waals surface area contributed by atoms with Crippen LogP contribution in [0.4, 0.5) is 0 Å². The summed E-state index contributed by atoms with van der Waals surface area (Å²) in [5.41, 5.74) is 2.31. The Hall–Kier alpha value is -3.35. The molecule has 0 radical (unpaired) electrons. The van der Waals surface area contributed by atoms with Crippen molar-refractivity contribution in [3.8, 4) is 11.5 Å². The summed E-state index contributed by atoms with van der Waals surface area (Å²) in [6, 6.07) is 8.63. The van der Waals surface area contributed by atoms with Crippen molar-refractivity contribution in [2.75, 3.05) is 0 Å². The van der Waals surface area contributed by atoms with Gasteiger partial charge in [0.1, 0.15) is 12.3 Å². The minimum atomic E-state index is -1.03. The molecule has 0 aliphatic carbocycles. The summed E-state index contributed by atoms with van der Waals surface area (Å²) in [6.45, 7) is 5.81. The number of rotatable bonds is 6. The fraction of sp³-hybridized carbons (Fsp3) is 0.250. The number of aromatic nitrogens is 1. The minimum Gasteiger partial charge on any atom is -0.480 e. The van der Waals surface area contributed by atoms with Crippen LogP contribution in [0.25, 0.3) is 11.5 Å². The van der Waals surface area contributed by atoms with Gasteiger partial charge in [-0.2, -0.15) is 0 Å². The van der Waals surface area contributed by atoms with Gasteiger partial charge in [-0.05, 0) is 31.9 Å². The van der Waals surface area contributed by atoms with Gasteiger partial charge in [-0.3, -0.25) is 9.69 Å². The number of carbonyl (C=O) groups is 2. The molecular weight excluding hydrogens is 346 g/mol. The number of benzene rings is 1. The molecule has 1 fully saturated rings. The molecule has 0 spiro atoms. The second kappa shape index (κ2) is 7.90. The Bertz CT molecular complexity index is 886. The Morgan fingerprint density at radius 2 is 2.15 bits per heavy atom. The maximum absolute atomic E-state index is 12.8. The number of carbonyl (C=O) groups excluding carboxylic acids is 1. The lowest BCUT2D eigenvalue weighted by molar-refractivity contribution is -0.146. The van der Waals surface area contributed by atoms with Crippen LogP contribution in [0.1, 0.15) is 25.5 Å². The number of likely N-dealkylation sites (tertiary alicyclic amines) is 1. The van der Waals surface area contributed by atoms with Crippen LogP contribution < -0.4 is 5.32 Å². The van der Waals surface area contributed by atoms with Gasteiger partial charge in [-0.1, -0.05) is 30.9 Å². The molecule has 1 aliphatic rings. The van der Waals surface area contributed by atoms with E-state index >= 15 is 0 Å². The SMILES string of the molecule is C=C1CCC(C(=O)O)N1C(=O)/C(=C\C)NCc1coc(-c2ccccc2)n1. The molecule has 1 aliphatic heterocycles. The Balaban J connectivity index is 1.68. The molecule has 0 bridgehead atoms. The van der Waals surface area contributed by atoms with E-state index in [1.807, 2.05) is 30.3 Å². The van der Waals surface area contributed by atoms with E-state index in [-0.39, 0.29) is 6.54 Å². The summed E-state index contributed by atoms with van der Waals surface area (Å²) in [4.78, 5) is 29.8. The average Bonchev–Trinajstić information content (AvgIpc) is 3.29. The number of allylic oxidation sites excluding steroid dienone is 2. The molecule has 2 N–H and O–H groups in total. The number of hydrogen-bond acceptors (Lipinski definition) is 5. The van der Waals surface area contributed by atoms with Crippen molar-refractivity contribution >= 4 is 11.9 Å². The number of amides is 1. The van der Waals surface area contributed by atoms with E-state index in [1.165, 1.54) is 11.2 Å². The predicted molar refractivity (Wildman–Crippen MR) is 99.2 cm³/mol. The van der Waals surface area contributed by atoms with Gasteiger partial charge in [-0.15, -0.1) is 0 Å². The highest BCUT2D eigenvalue weighted by Crippen LogP contribution is 2.27. The molecule has 3 rings (SSSR count). The smallest absolute Gasteiger partial charge is 0.326 e. The van der Waals surface area contributed by atoms with Gasteiger partial charge in [0.2, 0.25) is 5.89 Å². The lowest BCUT2D eigenvalue weighted by atomic mass is 10.2. The Morgan fingerprint density at radius 3 is 2.81 bits per heavy atom. The largest absolute Gasteiger partial charge is 0.480 e. The zero-order chi connectivity index (χ0) is 19.4. The number of oxazole rings is 1. The summed E-state index contributed by atoms with van der Waals surface area (Å²) < 4.78 is 5.48. The first-order valence-corrected chi connectivity index (χ1v) is 8.65. The van der Waals surface area contributed by atoms with E-state index in [0.717, 1.165) is 5.56 Å². The summed E-state index contributed by atoms with van der Waals surface area (Å²) >= 11 is 0. The summed E-state index contributed by atoms with van der Waals surface area (Å²) in [5.74, 6) is -0.930. The highest BCUT2D eigenvalue weighted by molar-refractivity contribution is 5.97. The maximum atomic E-state index is 12.8. The van der Waals surface area contributed by atoms with Crippen molar-refractivity contribution in [1.82, 2.24) is 15.2 Å². The van der Waals surface area contributed by atoms with Crippen molar-refractivity contribution < 1.29 is 19.1 Å². The number of nitrogens with zero attached hydrogens (tertiary/aromatic N) is 2. The first kappa shape index (κ1) is 18.4. The Labute approximate surface area is 157 Å². The van der Waals surface area contributed by atoms with Gasteiger partial charge in [0.05, 0.1) is 17.9 Å². The first-order valence-electron chi connectivity index (χ1n) is 8.65. The molecular formula is C20H21N3O4. The topological polar surface area (TPSA) is 95.7 Å². The average molecular weight is 367 g/mol. The summed E-state index contributed by atoms with van der Waals surface area (Å²) in [5, 5.41) is 12.3. The van der Waals surface area contributed by atoms with Crippen molar-refractivity contribution in [3.05, 3.63) is 66.3 Å². The van der Waals surface area contributed by atoms with Crippen LogP contribution in [-0.4, -0.2) is 32.9 Å². The van der Waals surface area contributed by atoms with E-state index in [9.17, 15) is 14.7 Å². The minimum absolute atomic E-state index is 0.278. The molecule has 7 heteroatoms. The lowest BCUT2D eigenvalue weighted by Crippen LogP contribution is -2.42. The van der Waals surface area contributed by atoms with Gasteiger partial charge >= 0.3 is 5.97 Å². The van der Waals surface area contributed by atoms with E-state index in [2.05, 4.69) is 16.9 Å². The monoisotopic (exact) mass is 367 g/mol. The highest BCUT2D eigenvalue weighted by Gasteiger charge is 2.37. The number of carboxylic acids is 1. The molecule has 27 heavy (non-hydrogen) atoms. The summed E-state index contributed by atoms with van der Waals surface area (Å²) in [6.07, 6.45) is 4.01. The summed E-state index contributed by atoms with van der Waals surface area (Å²) in [7, 11) is 0.